The van der Waals surface area contributed by atoms with Crippen LogP contribution in [-0.2, 0) is 11.2 Å². The Morgan fingerprint density at radius 2 is 1.75 bits per heavy atom. The van der Waals surface area contributed by atoms with E-state index in [9.17, 15) is 4.79 Å². The number of carboxylic acids is 1. The van der Waals surface area contributed by atoms with Crippen LogP contribution in [0.2, 0.25) is 0 Å². The molecule has 0 aromatic heterocycles. The first-order valence-corrected chi connectivity index (χ1v) is 7.96. The monoisotopic (exact) mass is 346 g/mol. The van der Waals surface area contributed by atoms with Gasteiger partial charge in [-0.25, -0.2) is 0 Å². The molecule has 0 aliphatic heterocycles. The van der Waals surface area contributed by atoms with Crippen LogP contribution in [0.5, 0.6) is 5.75 Å². The molecule has 0 radical (unpaired) electrons. The highest BCUT2D eigenvalue weighted by Crippen LogP contribution is 2.22. The van der Waals surface area contributed by atoms with Gasteiger partial charge in [-0.15, -0.1) is 0 Å². The molecule has 0 heterocycles. The largest absolute Gasteiger partial charge is 0.497 e. The molecule has 0 spiro atoms. The van der Waals surface area contributed by atoms with Crippen molar-refractivity contribution >= 4 is 21.9 Å². The predicted molar refractivity (Wildman–Crippen MR) is 88.6 cm³/mol. The number of ether oxygens (including phenoxy) is 1. The fourth-order valence-corrected chi connectivity index (χ4v) is 2.01. The predicted octanol–water partition coefficient (Wildman–Crippen LogP) is 5.31. The van der Waals surface area contributed by atoms with Crippen molar-refractivity contribution in [2.75, 3.05) is 7.11 Å². The minimum absolute atomic E-state index is 0.241. The summed E-state index contributed by atoms with van der Waals surface area (Å²) in [4.78, 5) is 10.3. The Labute approximate surface area is 131 Å². The van der Waals surface area contributed by atoms with Crippen LogP contribution < -0.4 is 4.74 Å². The molecule has 0 fully saturated rings. The van der Waals surface area contributed by atoms with E-state index < -0.39 is 5.97 Å². The number of aliphatic carboxylic acids is 1. The van der Waals surface area contributed by atoms with Crippen molar-refractivity contribution in [3.05, 3.63) is 28.2 Å². The number of rotatable bonds is 6. The van der Waals surface area contributed by atoms with Gasteiger partial charge in [0, 0.05) is 10.9 Å². The molecule has 1 N–H and O–H groups in total. The Hall–Kier alpha value is -1.03. The van der Waals surface area contributed by atoms with Crippen molar-refractivity contribution in [2.45, 2.75) is 53.4 Å². The average Bonchev–Trinajstić information content (AvgIpc) is 2.47. The second-order valence-corrected chi connectivity index (χ2v) is 4.52. The topological polar surface area (TPSA) is 46.5 Å². The van der Waals surface area contributed by atoms with Crippen LogP contribution in [0.4, 0.5) is 0 Å². The molecule has 0 atom stereocenters. The van der Waals surface area contributed by atoms with Gasteiger partial charge in [0.15, 0.2) is 0 Å². The molecule has 0 aliphatic rings. The summed E-state index contributed by atoms with van der Waals surface area (Å²) in [6, 6.07) is 5.91. The van der Waals surface area contributed by atoms with E-state index in [-0.39, 0.29) is 6.42 Å². The summed E-state index contributed by atoms with van der Waals surface area (Å²) in [5.74, 6) is 0.0921. The quantitative estimate of drug-likeness (QED) is 0.710. The molecule has 3 nitrogen and oxygen atoms in total. The lowest BCUT2D eigenvalue weighted by Crippen LogP contribution is -1.95. The Bertz CT molecular complexity index is 365. The van der Waals surface area contributed by atoms with Gasteiger partial charge in [-0.3, -0.25) is 4.79 Å². The highest BCUT2D eigenvalue weighted by atomic mass is 79.9. The number of aryl methyl sites for hydroxylation is 1. The van der Waals surface area contributed by atoms with Crippen molar-refractivity contribution in [1.29, 1.82) is 0 Å². The van der Waals surface area contributed by atoms with E-state index in [1.54, 1.807) is 7.11 Å². The van der Waals surface area contributed by atoms with E-state index in [0.29, 0.717) is 6.42 Å². The Morgan fingerprint density at radius 3 is 2.25 bits per heavy atom. The molecule has 0 aliphatic carbocycles. The zero-order chi connectivity index (χ0) is 16.0. The average molecular weight is 347 g/mol. The maximum atomic E-state index is 10.3. The second-order valence-electron chi connectivity index (χ2n) is 3.60. The molecule has 116 valence electrons. The van der Waals surface area contributed by atoms with E-state index >= 15 is 0 Å². The third-order valence-corrected chi connectivity index (χ3v) is 2.73. The van der Waals surface area contributed by atoms with Gasteiger partial charge in [0.2, 0.25) is 0 Å². The molecule has 20 heavy (non-hydrogen) atoms. The summed E-state index contributed by atoms with van der Waals surface area (Å²) < 4.78 is 6.14. The zero-order valence-electron chi connectivity index (χ0n) is 13.2. The van der Waals surface area contributed by atoms with Crippen LogP contribution in [0.15, 0.2) is 22.7 Å². The maximum absolute atomic E-state index is 10.3. The van der Waals surface area contributed by atoms with Crippen LogP contribution in [0.25, 0.3) is 0 Å². The summed E-state index contributed by atoms with van der Waals surface area (Å²) in [6.45, 7) is 8.00. The second kappa shape index (κ2) is 14.4. The molecular formula is C16H27BrO3. The molecule has 1 aromatic rings. The standard InChI is InChI=1S/C12H15BrO3.2C2H6/c1-16-11-7-9(6-10(13)8-11)4-2-3-5-12(14)15;2*1-2/h6-8H,2-5H2,1H3,(H,14,15);2*1-2H3. The van der Waals surface area contributed by atoms with E-state index in [1.807, 2.05) is 45.9 Å². The molecular weight excluding hydrogens is 320 g/mol. The molecule has 0 unspecified atom stereocenters. The first-order valence-electron chi connectivity index (χ1n) is 7.17. The molecule has 0 amide bonds. The first-order chi connectivity index (χ1) is 9.61. The van der Waals surface area contributed by atoms with Crippen molar-refractivity contribution in [1.82, 2.24) is 0 Å². The van der Waals surface area contributed by atoms with Crippen LogP contribution in [0.1, 0.15) is 52.5 Å². The number of hydrogen-bond acceptors (Lipinski definition) is 2. The van der Waals surface area contributed by atoms with Crippen LogP contribution in [0, 0.1) is 0 Å². The summed E-state index contributed by atoms with van der Waals surface area (Å²) in [6.07, 6.45) is 2.71. The van der Waals surface area contributed by atoms with E-state index in [0.717, 1.165) is 28.6 Å². The summed E-state index contributed by atoms with van der Waals surface area (Å²) in [5.41, 5.74) is 1.16. The Kier molecular flexibility index (Phi) is 15.3. The van der Waals surface area contributed by atoms with Crippen molar-refractivity contribution in [3.63, 3.8) is 0 Å². The number of benzene rings is 1. The van der Waals surface area contributed by atoms with Crippen molar-refractivity contribution < 1.29 is 14.6 Å². The van der Waals surface area contributed by atoms with Crippen molar-refractivity contribution in [3.8, 4) is 5.75 Å². The van der Waals surface area contributed by atoms with E-state index in [1.165, 1.54) is 0 Å². The third-order valence-electron chi connectivity index (χ3n) is 2.27. The number of hydrogen-bond donors (Lipinski definition) is 1. The third kappa shape index (κ3) is 10.9. The molecule has 0 saturated carbocycles. The fourth-order valence-electron chi connectivity index (χ4n) is 1.49. The highest BCUT2D eigenvalue weighted by Gasteiger charge is 2.01. The summed E-state index contributed by atoms with van der Waals surface area (Å²) >= 11 is 3.41. The zero-order valence-corrected chi connectivity index (χ0v) is 14.8. The van der Waals surface area contributed by atoms with Gasteiger partial charge >= 0.3 is 5.97 Å². The molecule has 0 saturated heterocycles. The highest BCUT2D eigenvalue weighted by molar-refractivity contribution is 9.10. The van der Waals surface area contributed by atoms with Crippen LogP contribution in [-0.4, -0.2) is 18.2 Å². The lowest BCUT2D eigenvalue weighted by molar-refractivity contribution is -0.137. The molecule has 1 rings (SSSR count). The lowest BCUT2D eigenvalue weighted by Gasteiger charge is -2.05. The fraction of sp³-hybridized carbons (Fsp3) is 0.562. The van der Waals surface area contributed by atoms with Gasteiger partial charge in [0.05, 0.1) is 7.11 Å². The van der Waals surface area contributed by atoms with Gasteiger partial charge in [-0.1, -0.05) is 43.6 Å². The molecule has 4 heteroatoms. The van der Waals surface area contributed by atoms with Gasteiger partial charge in [0.25, 0.3) is 0 Å². The van der Waals surface area contributed by atoms with Crippen LogP contribution in [0.3, 0.4) is 0 Å². The van der Waals surface area contributed by atoms with Gasteiger partial charge < -0.3 is 9.84 Å². The van der Waals surface area contributed by atoms with E-state index in [4.69, 9.17) is 9.84 Å². The minimum Gasteiger partial charge on any atom is -0.497 e. The minimum atomic E-state index is -0.730. The van der Waals surface area contributed by atoms with Gasteiger partial charge in [-0.05, 0) is 43.0 Å². The molecule has 0 bridgehead atoms. The SMILES string of the molecule is CC.CC.COc1cc(Br)cc(CCCCC(=O)O)c1. The number of carboxylic acid groups (broad SMARTS) is 1. The van der Waals surface area contributed by atoms with E-state index in [2.05, 4.69) is 15.9 Å². The van der Waals surface area contributed by atoms with Gasteiger partial charge in [-0.2, -0.15) is 0 Å². The normalized spacial score (nSPS) is 8.70. The summed E-state index contributed by atoms with van der Waals surface area (Å²) in [5, 5.41) is 8.51. The summed E-state index contributed by atoms with van der Waals surface area (Å²) in [7, 11) is 1.63. The van der Waals surface area contributed by atoms with Crippen molar-refractivity contribution in [2.24, 2.45) is 0 Å². The first kappa shape index (κ1) is 21.3. The molecule has 1 aromatic carbocycles. The number of methoxy groups -OCH3 is 1. The van der Waals surface area contributed by atoms with Gasteiger partial charge in [0.1, 0.15) is 5.75 Å². The van der Waals surface area contributed by atoms with Crippen LogP contribution >= 0.6 is 15.9 Å². The smallest absolute Gasteiger partial charge is 0.303 e. The number of unbranched alkanes of at least 4 members (excludes halogenated alkanes) is 1. The Balaban J connectivity index is 0. The maximum Gasteiger partial charge on any atom is 0.303 e. The number of halogens is 1. The Morgan fingerprint density at radius 1 is 1.15 bits per heavy atom. The number of carbonyl (C=O) groups is 1. The lowest BCUT2D eigenvalue weighted by atomic mass is 10.1.